The molecule has 0 saturated carbocycles. The molecule has 1 N–H and O–H groups in total. The number of fused-ring (bicyclic) bond motifs is 1. The van der Waals surface area contributed by atoms with Gasteiger partial charge in [-0.05, 0) is 60.2 Å². The highest BCUT2D eigenvalue weighted by atomic mass is 32.1. The maximum absolute atomic E-state index is 12.9. The van der Waals surface area contributed by atoms with Crippen molar-refractivity contribution < 1.29 is 14.3 Å². The summed E-state index contributed by atoms with van der Waals surface area (Å²) in [6.07, 6.45) is 8.26. The van der Waals surface area contributed by atoms with Gasteiger partial charge in [0.15, 0.2) is 0 Å². The molecule has 3 aromatic rings. The lowest BCUT2D eigenvalue weighted by atomic mass is 10.0. The second-order valence-electron chi connectivity index (χ2n) is 8.45. The summed E-state index contributed by atoms with van der Waals surface area (Å²) < 4.78 is 5.27. The molecule has 0 unspecified atom stereocenters. The largest absolute Gasteiger partial charge is 0.497 e. The number of hydrogen-bond donors (Lipinski definition) is 1. The second-order valence-corrected chi connectivity index (χ2v) is 9.56. The molecule has 1 aromatic carbocycles. The number of aromatic nitrogens is 1. The summed E-state index contributed by atoms with van der Waals surface area (Å²) in [6.45, 7) is 1.24. The van der Waals surface area contributed by atoms with Gasteiger partial charge in [0.2, 0.25) is 11.8 Å². The van der Waals surface area contributed by atoms with Gasteiger partial charge in [-0.3, -0.25) is 19.6 Å². The van der Waals surface area contributed by atoms with Crippen LogP contribution in [0.3, 0.4) is 0 Å². The third kappa shape index (κ3) is 6.33. The van der Waals surface area contributed by atoms with Gasteiger partial charge in [0.05, 0.1) is 13.7 Å². The van der Waals surface area contributed by atoms with Crippen LogP contribution in [-0.4, -0.2) is 48.6 Å². The summed E-state index contributed by atoms with van der Waals surface area (Å²) in [6, 6.07) is 11.7. The van der Waals surface area contributed by atoms with E-state index in [1.807, 2.05) is 47.5 Å². The van der Waals surface area contributed by atoms with Crippen molar-refractivity contribution in [1.82, 2.24) is 9.88 Å². The Hall–Kier alpha value is -3.52. The van der Waals surface area contributed by atoms with Gasteiger partial charge >= 0.3 is 0 Å². The lowest BCUT2D eigenvalue weighted by molar-refractivity contribution is -0.132. The number of thiophene rings is 1. The van der Waals surface area contributed by atoms with Crippen LogP contribution >= 0.6 is 11.3 Å². The molecule has 4 rings (SSSR count). The van der Waals surface area contributed by atoms with Crippen LogP contribution in [0.25, 0.3) is 0 Å². The summed E-state index contributed by atoms with van der Waals surface area (Å²) in [5, 5.41) is 3.90. The lowest BCUT2D eigenvalue weighted by Gasteiger charge is -2.27. The number of nitrogens with zero attached hydrogens (tertiary/aromatic N) is 3. The predicted octanol–water partition coefficient (Wildman–Crippen LogP) is 4.29. The first-order chi connectivity index (χ1) is 17.1. The molecule has 2 amide bonds. The zero-order valence-electron chi connectivity index (χ0n) is 20.1. The van der Waals surface area contributed by atoms with Gasteiger partial charge in [-0.1, -0.05) is 12.1 Å². The van der Waals surface area contributed by atoms with Crippen molar-refractivity contribution in [3.05, 3.63) is 75.9 Å². The van der Waals surface area contributed by atoms with Crippen molar-refractivity contribution in [2.24, 2.45) is 4.99 Å². The second kappa shape index (κ2) is 11.8. The number of amides is 2. The van der Waals surface area contributed by atoms with Crippen LogP contribution in [0.2, 0.25) is 0 Å². The minimum Gasteiger partial charge on any atom is -0.497 e. The van der Waals surface area contributed by atoms with E-state index in [9.17, 15) is 9.59 Å². The van der Waals surface area contributed by atoms with Gasteiger partial charge in [0.25, 0.3) is 0 Å². The highest BCUT2D eigenvalue weighted by Gasteiger charge is 2.26. The predicted molar refractivity (Wildman–Crippen MR) is 139 cm³/mol. The number of rotatable bonds is 9. The summed E-state index contributed by atoms with van der Waals surface area (Å²) in [5.41, 5.74) is 4.32. The molecule has 1 aliphatic rings. The molecule has 0 aliphatic carbocycles. The van der Waals surface area contributed by atoms with Gasteiger partial charge in [-0.15, -0.1) is 11.3 Å². The van der Waals surface area contributed by atoms with E-state index in [4.69, 9.17) is 4.74 Å². The first-order valence-electron chi connectivity index (χ1n) is 11.7. The number of nitrogens with one attached hydrogen (secondary N) is 1. The normalized spacial score (nSPS) is 13.0. The number of aryl methyl sites for hydroxylation is 2. The zero-order chi connectivity index (χ0) is 24.6. The molecule has 182 valence electrons. The Labute approximate surface area is 209 Å². The van der Waals surface area contributed by atoms with Gasteiger partial charge in [-0.25, -0.2) is 0 Å². The van der Waals surface area contributed by atoms with E-state index >= 15 is 0 Å². The average molecular weight is 491 g/mol. The monoisotopic (exact) mass is 490 g/mol. The Bertz CT molecular complexity index is 1210. The van der Waals surface area contributed by atoms with Crippen LogP contribution in [0, 0.1) is 0 Å². The molecule has 0 saturated heterocycles. The fraction of sp³-hybridized carbons (Fsp3) is 0.333. The molecule has 0 bridgehead atoms. The van der Waals surface area contributed by atoms with Crippen molar-refractivity contribution in [3.63, 3.8) is 0 Å². The minimum atomic E-state index is -0.0394. The first kappa shape index (κ1) is 24.6. The summed E-state index contributed by atoms with van der Waals surface area (Å²) in [5.74, 6) is 0.896. The molecule has 3 heterocycles. The van der Waals surface area contributed by atoms with Crippen molar-refractivity contribution in [2.45, 2.75) is 38.6 Å². The third-order valence-corrected chi connectivity index (χ3v) is 7.26. The van der Waals surface area contributed by atoms with Crippen molar-refractivity contribution in [2.75, 3.05) is 26.0 Å². The molecule has 0 fully saturated rings. The van der Waals surface area contributed by atoms with Crippen molar-refractivity contribution in [1.29, 1.82) is 0 Å². The Balaban J connectivity index is 1.39. The molecule has 0 radical (unpaired) electrons. The van der Waals surface area contributed by atoms with Crippen molar-refractivity contribution >= 4 is 34.4 Å². The summed E-state index contributed by atoms with van der Waals surface area (Å²) in [4.78, 5) is 36.9. The molecular formula is C27H30N4O3S. The number of methoxy groups -OCH3 is 1. The topological polar surface area (TPSA) is 83.9 Å². The van der Waals surface area contributed by atoms with Crippen LogP contribution in [0.5, 0.6) is 5.75 Å². The van der Waals surface area contributed by atoms with Gasteiger partial charge in [0, 0.05) is 55.5 Å². The Morgan fingerprint density at radius 1 is 1.17 bits per heavy atom. The first-order valence-corrected chi connectivity index (χ1v) is 12.5. The fourth-order valence-corrected chi connectivity index (χ4v) is 5.49. The summed E-state index contributed by atoms with van der Waals surface area (Å²) >= 11 is 1.55. The molecule has 2 aromatic heterocycles. The number of pyridine rings is 1. The molecule has 1 aliphatic heterocycles. The van der Waals surface area contributed by atoms with Gasteiger partial charge < -0.3 is 15.0 Å². The molecule has 0 atom stereocenters. The van der Waals surface area contributed by atoms with Crippen LogP contribution in [0.1, 0.15) is 40.0 Å². The van der Waals surface area contributed by atoms with Gasteiger partial charge in [-0.2, -0.15) is 0 Å². The van der Waals surface area contributed by atoms with E-state index in [0.29, 0.717) is 38.8 Å². The molecule has 8 heteroatoms. The smallest absolute Gasteiger partial charge is 0.225 e. The maximum Gasteiger partial charge on any atom is 0.225 e. The van der Waals surface area contributed by atoms with Gasteiger partial charge in [0.1, 0.15) is 10.8 Å². The van der Waals surface area contributed by atoms with Crippen LogP contribution in [0.15, 0.2) is 53.8 Å². The van der Waals surface area contributed by atoms with E-state index < -0.39 is 0 Å². The fourth-order valence-electron chi connectivity index (χ4n) is 4.23. The Morgan fingerprint density at radius 2 is 1.97 bits per heavy atom. The number of anilines is 1. The number of carbonyl (C=O) groups excluding carboxylic acids is 2. The molecule has 7 nitrogen and oxygen atoms in total. The van der Waals surface area contributed by atoms with Crippen molar-refractivity contribution in [3.8, 4) is 5.75 Å². The number of hydrogen-bond acceptors (Lipinski definition) is 6. The SMILES string of the molecule is CN=Cc1c(NC(=O)CCc2cccc(OC)c2)sc2c1CCN(C(=O)CCc1ccncc1)C2. The Kier molecular flexibility index (Phi) is 8.26. The average Bonchev–Trinajstić information content (AvgIpc) is 3.23. The zero-order valence-corrected chi connectivity index (χ0v) is 20.9. The molecule has 0 spiro atoms. The van der Waals surface area contributed by atoms with Crippen LogP contribution < -0.4 is 10.1 Å². The molecule has 35 heavy (non-hydrogen) atoms. The highest BCUT2D eigenvalue weighted by Crippen LogP contribution is 2.36. The number of benzene rings is 1. The number of aliphatic imine (C=N–C) groups is 1. The van der Waals surface area contributed by atoms with E-state index in [-0.39, 0.29) is 11.8 Å². The molecular weight excluding hydrogens is 460 g/mol. The quantitative estimate of drug-likeness (QED) is 0.454. The third-order valence-electron chi connectivity index (χ3n) is 6.11. The van der Waals surface area contributed by atoms with Crippen LogP contribution in [0.4, 0.5) is 5.00 Å². The Morgan fingerprint density at radius 3 is 2.74 bits per heavy atom. The minimum absolute atomic E-state index is 0.0394. The van der Waals surface area contributed by atoms with Crippen LogP contribution in [-0.2, 0) is 35.4 Å². The highest BCUT2D eigenvalue weighted by molar-refractivity contribution is 7.16. The summed E-state index contributed by atoms with van der Waals surface area (Å²) in [7, 11) is 3.37. The van der Waals surface area contributed by atoms with E-state index in [0.717, 1.165) is 38.7 Å². The van der Waals surface area contributed by atoms with E-state index in [1.54, 1.807) is 37.9 Å². The maximum atomic E-state index is 12.9. The number of ether oxygens (including phenoxy) is 1. The van der Waals surface area contributed by atoms with E-state index in [1.165, 1.54) is 5.56 Å². The lowest BCUT2D eigenvalue weighted by Crippen LogP contribution is -2.35. The number of carbonyl (C=O) groups is 2. The standard InChI is InChI=1S/C27H30N4O3S/c1-28-17-23-22-12-15-31(26(33)9-7-19-10-13-29-14-11-19)18-24(22)35-27(23)30-25(32)8-6-20-4-3-5-21(16-20)34-2/h3-5,10-11,13-14,16-17H,6-9,12,15,18H2,1-2H3,(H,30,32). The van der Waals surface area contributed by atoms with E-state index in [2.05, 4.69) is 15.3 Å².